The predicted octanol–water partition coefficient (Wildman–Crippen LogP) is 7.73. The van der Waals surface area contributed by atoms with E-state index < -0.39 is 20.2 Å². The minimum Gasteiger partial charge on any atom is -0.414 e. The van der Waals surface area contributed by atoms with E-state index in [1.807, 2.05) is 24.3 Å². The van der Waals surface area contributed by atoms with Gasteiger partial charge in [-0.2, -0.15) is 0 Å². The van der Waals surface area contributed by atoms with Gasteiger partial charge in [-0.25, -0.2) is 9.13 Å². The molecule has 4 aromatic carbocycles. The number of para-hydroxylation sites is 4. The van der Waals surface area contributed by atoms with E-state index in [9.17, 15) is 0 Å². The van der Waals surface area contributed by atoms with Crippen molar-refractivity contribution in [2.24, 2.45) is 0 Å². The number of rotatable bonds is 10. The number of hydrogen-bond acceptors (Lipinski definition) is 7. The first-order valence-corrected chi connectivity index (χ1v) is 15.0. The molecule has 1 aliphatic heterocycles. The van der Waals surface area contributed by atoms with Gasteiger partial charge in [0.1, 0.15) is 23.0 Å². The van der Waals surface area contributed by atoms with Crippen LogP contribution in [0.5, 0.6) is 23.0 Å². The van der Waals surface area contributed by atoms with Crippen LogP contribution in [0.25, 0.3) is 0 Å². The minimum absolute atomic E-state index is 0.168. The van der Waals surface area contributed by atoms with Crippen LogP contribution in [0.15, 0.2) is 121 Å². The first-order valence-electron chi connectivity index (χ1n) is 12.0. The molecule has 190 valence electrons. The van der Waals surface area contributed by atoms with Gasteiger partial charge in [0.2, 0.25) is 0 Å². The molecule has 1 aliphatic rings. The molecule has 5 rings (SSSR count). The summed E-state index contributed by atoms with van der Waals surface area (Å²) in [5.74, 6) is 1.23. The van der Waals surface area contributed by atoms with E-state index in [0.717, 1.165) is 0 Å². The Balaban J connectivity index is 1.67. The van der Waals surface area contributed by atoms with Gasteiger partial charge in [0.25, 0.3) is 5.02 Å². The van der Waals surface area contributed by atoms with Crippen LogP contribution in [0.1, 0.15) is 12.8 Å². The van der Waals surface area contributed by atoms with Gasteiger partial charge in [-0.3, -0.25) is 5.32 Å². The second kappa shape index (κ2) is 10.9. The Morgan fingerprint density at radius 1 is 0.514 bits per heavy atom. The van der Waals surface area contributed by atoms with Crippen LogP contribution in [0.4, 0.5) is 0 Å². The van der Waals surface area contributed by atoms with Crippen LogP contribution >= 0.6 is 15.2 Å². The fourth-order valence-electron chi connectivity index (χ4n) is 4.15. The smallest absolute Gasteiger partial charge is 0.414 e. The Labute approximate surface area is 216 Å². The zero-order valence-electron chi connectivity index (χ0n) is 20.0. The van der Waals surface area contributed by atoms with Gasteiger partial charge in [0, 0.05) is 0 Å². The predicted molar refractivity (Wildman–Crippen MR) is 143 cm³/mol. The third-order valence-electron chi connectivity index (χ3n) is 5.89. The minimum atomic E-state index is -4.36. The van der Waals surface area contributed by atoms with Gasteiger partial charge in [-0.15, -0.1) is 0 Å². The van der Waals surface area contributed by atoms with Crippen molar-refractivity contribution in [3.05, 3.63) is 121 Å². The highest BCUT2D eigenvalue weighted by atomic mass is 31.2. The van der Waals surface area contributed by atoms with E-state index in [1.54, 1.807) is 97.1 Å². The first-order chi connectivity index (χ1) is 18.0. The summed E-state index contributed by atoms with van der Waals surface area (Å²) in [6, 6.07) is 34.7. The molecule has 4 aromatic rings. The molecule has 0 saturated carbocycles. The largest absolute Gasteiger partial charge is 0.465 e. The van der Waals surface area contributed by atoms with Crippen molar-refractivity contribution in [3.63, 3.8) is 0 Å². The second-order valence-electron chi connectivity index (χ2n) is 8.46. The molecule has 1 N–H and O–H groups in total. The lowest BCUT2D eigenvalue weighted by molar-refractivity contribution is 0.314. The Morgan fingerprint density at radius 3 is 1.05 bits per heavy atom. The lowest BCUT2D eigenvalue weighted by Gasteiger charge is -2.39. The van der Waals surface area contributed by atoms with Gasteiger partial charge in [-0.1, -0.05) is 72.8 Å². The third kappa shape index (κ3) is 5.30. The SMILES string of the molecule is O=P(Oc1ccccc1)(Oc1ccccc1)C1(P(=O)(Oc2ccccc2)Oc2ccccc2)CCCN1. The molecule has 0 spiro atoms. The van der Waals surface area contributed by atoms with Crippen molar-refractivity contribution in [1.82, 2.24) is 5.32 Å². The zero-order valence-corrected chi connectivity index (χ0v) is 21.8. The lowest BCUT2D eigenvalue weighted by atomic mass is 10.3. The summed E-state index contributed by atoms with van der Waals surface area (Å²) in [5, 5.41) is 1.40. The summed E-state index contributed by atoms with van der Waals surface area (Å²) in [6.07, 6.45) is 0.724. The molecule has 0 aromatic heterocycles. The highest BCUT2D eigenvalue weighted by Gasteiger charge is 2.71. The molecule has 0 radical (unpaired) electrons. The molecule has 1 fully saturated rings. The molecule has 0 aliphatic carbocycles. The van der Waals surface area contributed by atoms with Crippen LogP contribution < -0.4 is 23.4 Å². The highest BCUT2D eigenvalue weighted by molar-refractivity contribution is 7.75. The first kappa shape index (κ1) is 25.2. The van der Waals surface area contributed by atoms with Crippen LogP contribution in [0.3, 0.4) is 0 Å². The van der Waals surface area contributed by atoms with Crippen molar-refractivity contribution in [1.29, 1.82) is 0 Å². The molecule has 0 unspecified atom stereocenters. The van der Waals surface area contributed by atoms with E-state index in [1.165, 1.54) is 0 Å². The number of hydrogen-bond donors (Lipinski definition) is 1. The molecule has 0 amide bonds. The molecular weight excluding hydrogens is 508 g/mol. The quantitative estimate of drug-likeness (QED) is 0.208. The van der Waals surface area contributed by atoms with Crippen molar-refractivity contribution < 1.29 is 27.2 Å². The van der Waals surface area contributed by atoms with Crippen LogP contribution in [-0.2, 0) is 9.13 Å². The Hall–Kier alpha value is -3.50. The van der Waals surface area contributed by atoms with Crippen molar-refractivity contribution in [2.75, 3.05) is 6.54 Å². The second-order valence-corrected chi connectivity index (χ2v) is 13.1. The average molecular weight is 535 g/mol. The Bertz CT molecular complexity index is 1190. The summed E-state index contributed by atoms with van der Waals surface area (Å²) in [4.78, 5) is 0. The topological polar surface area (TPSA) is 83.1 Å². The monoisotopic (exact) mass is 535 g/mol. The average Bonchev–Trinajstić information content (AvgIpc) is 3.44. The van der Waals surface area contributed by atoms with Gasteiger partial charge >= 0.3 is 15.2 Å². The molecule has 0 bridgehead atoms. The Kier molecular flexibility index (Phi) is 7.38. The normalized spacial score (nSPS) is 15.0. The standard InChI is InChI=1S/C28H27NO6P2/c30-36(32-24-14-5-1-6-15-24,33-25-16-7-2-8-17-25)28(22-13-23-29-28)37(31,34-26-18-9-3-10-19-26)35-27-20-11-4-12-21-27/h1-12,14-21,29H,13,22-23H2. The summed E-state index contributed by atoms with van der Waals surface area (Å²) in [5.41, 5.74) is 0. The van der Waals surface area contributed by atoms with Crippen LogP contribution in [0.2, 0.25) is 0 Å². The van der Waals surface area contributed by atoms with E-state index >= 15 is 9.13 Å². The summed E-state index contributed by atoms with van der Waals surface area (Å²) in [6.45, 7) is 0.417. The lowest BCUT2D eigenvalue weighted by Crippen LogP contribution is -2.45. The Morgan fingerprint density at radius 2 is 0.811 bits per heavy atom. The van der Waals surface area contributed by atoms with Crippen LogP contribution in [-0.4, -0.2) is 11.6 Å². The van der Waals surface area contributed by atoms with Crippen LogP contribution in [0, 0.1) is 0 Å². The highest BCUT2D eigenvalue weighted by Crippen LogP contribution is 2.77. The molecule has 1 saturated heterocycles. The van der Waals surface area contributed by atoms with Gasteiger partial charge in [0.15, 0.2) is 0 Å². The maximum absolute atomic E-state index is 15.1. The fraction of sp³-hybridized carbons (Fsp3) is 0.143. The van der Waals surface area contributed by atoms with E-state index in [0.29, 0.717) is 36.0 Å². The molecular formula is C28H27NO6P2. The van der Waals surface area contributed by atoms with Crippen molar-refractivity contribution >= 4 is 15.2 Å². The third-order valence-corrected chi connectivity index (χ3v) is 11.7. The summed E-state index contributed by atoms with van der Waals surface area (Å²) in [7, 11) is -8.72. The van der Waals surface area contributed by atoms with E-state index in [2.05, 4.69) is 5.32 Å². The number of nitrogens with one attached hydrogen (secondary N) is 1. The fourth-order valence-corrected chi connectivity index (χ4v) is 9.59. The van der Waals surface area contributed by atoms with Crippen molar-refractivity contribution in [3.8, 4) is 23.0 Å². The van der Waals surface area contributed by atoms with E-state index in [4.69, 9.17) is 18.1 Å². The molecule has 9 heteroatoms. The van der Waals surface area contributed by atoms with E-state index in [-0.39, 0.29) is 6.42 Å². The van der Waals surface area contributed by atoms with Gasteiger partial charge in [0.05, 0.1) is 0 Å². The number of benzene rings is 4. The van der Waals surface area contributed by atoms with Crippen molar-refractivity contribution in [2.45, 2.75) is 17.9 Å². The molecule has 7 nitrogen and oxygen atoms in total. The summed E-state index contributed by atoms with van der Waals surface area (Å²) < 4.78 is 54.7. The summed E-state index contributed by atoms with van der Waals surface area (Å²) >= 11 is 0. The molecule has 1 heterocycles. The maximum Gasteiger partial charge on any atom is 0.465 e. The zero-order chi connectivity index (χ0) is 25.6. The maximum atomic E-state index is 15.1. The van der Waals surface area contributed by atoms with Gasteiger partial charge < -0.3 is 18.1 Å². The van der Waals surface area contributed by atoms with Gasteiger partial charge in [-0.05, 0) is 67.9 Å². The molecule has 0 atom stereocenters. The molecule has 37 heavy (non-hydrogen) atoms.